The van der Waals surface area contributed by atoms with Crippen LogP contribution >= 0.6 is 11.6 Å². The summed E-state index contributed by atoms with van der Waals surface area (Å²) in [6.45, 7) is 6.48. The van der Waals surface area contributed by atoms with E-state index < -0.39 is 4.92 Å². The van der Waals surface area contributed by atoms with Gasteiger partial charge in [-0.25, -0.2) is 0 Å². The highest BCUT2D eigenvalue weighted by molar-refractivity contribution is 6.31. The molecule has 0 atom stereocenters. The summed E-state index contributed by atoms with van der Waals surface area (Å²) in [6, 6.07) is 10.1. The first-order chi connectivity index (χ1) is 13.7. The van der Waals surface area contributed by atoms with Crippen LogP contribution in [-0.2, 0) is 11.3 Å². The van der Waals surface area contributed by atoms with E-state index in [4.69, 9.17) is 21.1 Å². The van der Waals surface area contributed by atoms with Crippen LogP contribution < -0.4 is 10.2 Å². The van der Waals surface area contributed by atoms with E-state index in [2.05, 4.69) is 31.2 Å². The van der Waals surface area contributed by atoms with Gasteiger partial charge in [-0.15, -0.1) is 0 Å². The molecular formula is C20H21ClN4O4. The van der Waals surface area contributed by atoms with Gasteiger partial charge in [0, 0.05) is 6.20 Å². The fraction of sp³-hybridized carbons (Fsp3) is 0.250. The molecule has 29 heavy (non-hydrogen) atoms. The average molecular weight is 417 g/mol. The first-order valence-electron chi connectivity index (χ1n) is 8.86. The second-order valence-electron chi connectivity index (χ2n) is 7.27. The molecule has 1 aliphatic rings. The van der Waals surface area contributed by atoms with Crippen LogP contribution in [0.15, 0.2) is 65.8 Å². The van der Waals surface area contributed by atoms with Crippen molar-refractivity contribution >= 4 is 17.4 Å². The third-order valence-electron chi connectivity index (χ3n) is 4.00. The quantitative estimate of drug-likeness (QED) is 0.532. The molecule has 1 aromatic heterocycles. The molecule has 0 unspecified atom stereocenters. The van der Waals surface area contributed by atoms with Crippen LogP contribution in [-0.4, -0.2) is 20.5 Å². The van der Waals surface area contributed by atoms with Gasteiger partial charge in [0.25, 0.3) is 0 Å². The van der Waals surface area contributed by atoms with E-state index in [0.29, 0.717) is 23.1 Å². The van der Waals surface area contributed by atoms with Gasteiger partial charge in [0.1, 0.15) is 23.6 Å². The minimum atomic E-state index is -0.582. The van der Waals surface area contributed by atoms with E-state index in [1.165, 1.54) is 12.3 Å². The van der Waals surface area contributed by atoms with Crippen LogP contribution in [0.1, 0.15) is 26.3 Å². The Hall–Kier alpha value is -3.26. The monoisotopic (exact) mass is 416 g/mol. The predicted molar refractivity (Wildman–Crippen MR) is 109 cm³/mol. The first-order valence-corrected chi connectivity index (χ1v) is 9.24. The number of hydrazine groups is 1. The van der Waals surface area contributed by atoms with Gasteiger partial charge in [0.2, 0.25) is 5.75 Å². The normalized spacial score (nSPS) is 13.9. The number of allylic oxidation sites excluding steroid dienone is 1. The van der Waals surface area contributed by atoms with E-state index in [-0.39, 0.29) is 17.1 Å². The van der Waals surface area contributed by atoms with Crippen LogP contribution in [0.25, 0.3) is 0 Å². The van der Waals surface area contributed by atoms with E-state index in [9.17, 15) is 10.1 Å². The Morgan fingerprint density at radius 2 is 1.97 bits per heavy atom. The van der Waals surface area contributed by atoms with Gasteiger partial charge < -0.3 is 25.0 Å². The van der Waals surface area contributed by atoms with Gasteiger partial charge in [-0.1, -0.05) is 23.7 Å². The molecule has 0 spiro atoms. The molecule has 1 aromatic carbocycles. The van der Waals surface area contributed by atoms with Crippen LogP contribution in [0.5, 0.6) is 11.5 Å². The molecule has 0 aliphatic carbocycles. The Bertz CT molecular complexity index is 952. The van der Waals surface area contributed by atoms with E-state index in [1.807, 2.05) is 17.1 Å². The molecule has 152 valence electrons. The SMILES string of the molecule is CC(C)(C)N1C=C(Cl)C(OCc2ccc(Oc3cccnc3[N+](=O)[O-])cc2)=CN1. The molecule has 0 fully saturated rings. The zero-order valence-electron chi connectivity index (χ0n) is 16.3. The second kappa shape index (κ2) is 8.40. The number of rotatable bonds is 6. The molecule has 2 aromatic rings. The Kier molecular flexibility index (Phi) is 5.93. The third kappa shape index (κ3) is 5.17. The number of ether oxygens (including phenoxy) is 2. The zero-order chi connectivity index (χ0) is 21.0. The molecule has 3 rings (SSSR count). The Labute approximate surface area is 173 Å². The summed E-state index contributed by atoms with van der Waals surface area (Å²) in [4.78, 5) is 14.2. The van der Waals surface area contributed by atoms with Gasteiger partial charge in [-0.2, -0.15) is 0 Å². The number of hydrogen-bond acceptors (Lipinski definition) is 7. The lowest BCUT2D eigenvalue weighted by Crippen LogP contribution is -2.46. The lowest BCUT2D eigenvalue weighted by molar-refractivity contribution is -0.390. The largest absolute Gasteiger partial charge is 0.486 e. The molecule has 9 heteroatoms. The van der Waals surface area contributed by atoms with Gasteiger partial charge in [-0.05, 0) is 60.5 Å². The number of aromatic nitrogens is 1. The van der Waals surface area contributed by atoms with Crippen molar-refractivity contribution < 1.29 is 14.4 Å². The fourth-order valence-electron chi connectivity index (χ4n) is 2.45. The molecule has 1 N–H and O–H groups in total. The molecular weight excluding hydrogens is 396 g/mol. The van der Waals surface area contributed by atoms with Crippen molar-refractivity contribution in [3.63, 3.8) is 0 Å². The number of nitrogens with one attached hydrogen (secondary N) is 1. The summed E-state index contributed by atoms with van der Waals surface area (Å²) in [5.74, 6) is 0.753. The zero-order valence-corrected chi connectivity index (χ0v) is 17.0. The minimum absolute atomic E-state index is 0.0836. The summed E-state index contributed by atoms with van der Waals surface area (Å²) in [5.41, 5.74) is 3.90. The van der Waals surface area contributed by atoms with E-state index in [0.717, 1.165) is 5.56 Å². The van der Waals surface area contributed by atoms with Gasteiger partial charge in [0.05, 0.1) is 11.7 Å². The van der Waals surface area contributed by atoms with Gasteiger partial charge in [-0.3, -0.25) is 5.01 Å². The summed E-state index contributed by atoms with van der Waals surface area (Å²) in [5, 5.41) is 13.4. The van der Waals surface area contributed by atoms with Crippen LogP contribution in [0.2, 0.25) is 0 Å². The van der Waals surface area contributed by atoms with Crippen LogP contribution in [0, 0.1) is 10.1 Å². The van der Waals surface area contributed by atoms with Gasteiger partial charge in [0.15, 0.2) is 5.76 Å². The van der Waals surface area contributed by atoms with Crippen molar-refractivity contribution in [3.8, 4) is 11.5 Å². The molecule has 0 saturated carbocycles. The highest BCUT2D eigenvalue weighted by atomic mass is 35.5. The molecule has 0 amide bonds. The molecule has 1 aliphatic heterocycles. The summed E-state index contributed by atoms with van der Waals surface area (Å²) in [7, 11) is 0. The van der Waals surface area contributed by atoms with Crippen molar-refractivity contribution in [2.75, 3.05) is 0 Å². The van der Waals surface area contributed by atoms with Crippen molar-refractivity contribution in [1.82, 2.24) is 15.4 Å². The summed E-state index contributed by atoms with van der Waals surface area (Å²) in [6.07, 6.45) is 4.85. The van der Waals surface area contributed by atoms with Gasteiger partial charge >= 0.3 is 5.82 Å². The Morgan fingerprint density at radius 1 is 1.24 bits per heavy atom. The number of nitrogens with zero attached hydrogens (tertiary/aromatic N) is 3. The van der Waals surface area contributed by atoms with Crippen LogP contribution in [0.4, 0.5) is 5.82 Å². The summed E-state index contributed by atoms with van der Waals surface area (Å²) < 4.78 is 11.4. The molecule has 0 radical (unpaired) electrons. The number of nitro groups is 1. The number of halogens is 1. The predicted octanol–water partition coefficient (Wildman–Crippen LogP) is 4.84. The first kappa shape index (κ1) is 20.5. The van der Waals surface area contributed by atoms with Crippen molar-refractivity contribution in [2.24, 2.45) is 0 Å². The molecule has 2 heterocycles. The van der Waals surface area contributed by atoms with E-state index >= 15 is 0 Å². The molecule has 0 saturated heterocycles. The minimum Gasteiger partial charge on any atom is -0.486 e. The Morgan fingerprint density at radius 3 is 2.59 bits per heavy atom. The fourth-order valence-corrected chi connectivity index (χ4v) is 2.66. The topological polar surface area (TPSA) is 89.8 Å². The maximum absolute atomic E-state index is 11.0. The lowest BCUT2D eigenvalue weighted by atomic mass is 10.1. The molecule has 0 bridgehead atoms. The average Bonchev–Trinajstić information content (AvgIpc) is 2.67. The Balaban J connectivity index is 1.60. The third-order valence-corrected chi connectivity index (χ3v) is 4.29. The molecule has 8 nitrogen and oxygen atoms in total. The highest BCUT2D eigenvalue weighted by Crippen LogP contribution is 2.29. The number of hydrogen-bond donors (Lipinski definition) is 1. The number of pyridine rings is 1. The van der Waals surface area contributed by atoms with Crippen molar-refractivity contribution in [1.29, 1.82) is 0 Å². The summed E-state index contributed by atoms with van der Waals surface area (Å²) >= 11 is 6.31. The van der Waals surface area contributed by atoms with E-state index in [1.54, 1.807) is 30.6 Å². The highest BCUT2D eigenvalue weighted by Gasteiger charge is 2.22. The van der Waals surface area contributed by atoms with Crippen LogP contribution in [0.3, 0.4) is 0 Å². The number of benzene rings is 1. The standard InChI is InChI=1S/C20H21ClN4O4/c1-20(2,3)24-12-16(21)18(11-23-24)28-13-14-6-8-15(9-7-14)29-17-5-4-10-22-19(17)25(26)27/h4-12,23H,13H2,1-3H3. The smallest absolute Gasteiger partial charge is 0.406 e. The van der Waals surface area contributed by atoms with Crippen molar-refractivity contribution in [2.45, 2.75) is 32.9 Å². The lowest BCUT2D eigenvalue weighted by Gasteiger charge is -2.36. The van der Waals surface area contributed by atoms with Crippen molar-refractivity contribution in [3.05, 3.63) is 81.5 Å². The maximum atomic E-state index is 11.0. The maximum Gasteiger partial charge on any atom is 0.406 e. The second-order valence-corrected chi connectivity index (χ2v) is 7.68.